The van der Waals surface area contributed by atoms with Crippen molar-refractivity contribution in [3.05, 3.63) is 39.6 Å². The predicted molar refractivity (Wildman–Crippen MR) is 92.8 cm³/mol. The fraction of sp³-hybridized carbons (Fsp3) is 0.375. The first-order valence-electron chi connectivity index (χ1n) is 7.11. The molecule has 0 aliphatic rings. The van der Waals surface area contributed by atoms with Crippen LogP contribution in [0.4, 0.5) is 4.39 Å². The van der Waals surface area contributed by atoms with Gasteiger partial charge in [0.1, 0.15) is 5.75 Å². The maximum Gasteiger partial charge on any atom is 0.328 e. The summed E-state index contributed by atoms with van der Waals surface area (Å²) in [6.07, 6.45) is 1.84. The maximum atomic E-state index is 13.5. The average molecular weight is 423 g/mol. The third-order valence-electron chi connectivity index (χ3n) is 2.99. The lowest BCUT2D eigenvalue weighted by Gasteiger charge is -2.26. The van der Waals surface area contributed by atoms with Crippen LogP contribution in [-0.2, 0) is 9.59 Å². The van der Waals surface area contributed by atoms with Crippen LogP contribution in [0.25, 0.3) is 0 Å². The Morgan fingerprint density at radius 1 is 1.50 bits per heavy atom. The molecule has 1 aromatic carbocycles. The van der Waals surface area contributed by atoms with Crippen molar-refractivity contribution >= 4 is 39.4 Å². The summed E-state index contributed by atoms with van der Waals surface area (Å²) < 4.78 is 19.2. The van der Waals surface area contributed by atoms with Gasteiger partial charge in [0.2, 0.25) is 0 Å². The third kappa shape index (κ3) is 6.13. The van der Waals surface area contributed by atoms with Crippen LogP contribution >= 0.6 is 27.5 Å². The second-order valence-corrected chi connectivity index (χ2v) is 6.86. The van der Waals surface area contributed by atoms with Crippen LogP contribution in [0.5, 0.6) is 5.75 Å². The Hall–Kier alpha value is -1.60. The first kappa shape index (κ1) is 20.4. The van der Waals surface area contributed by atoms with Crippen molar-refractivity contribution in [3.63, 3.8) is 0 Å². The van der Waals surface area contributed by atoms with Gasteiger partial charge in [-0.15, -0.1) is 0 Å². The van der Waals surface area contributed by atoms with Gasteiger partial charge in [-0.05, 0) is 42.3 Å². The van der Waals surface area contributed by atoms with E-state index in [1.165, 1.54) is 18.2 Å². The number of ether oxygens (including phenoxy) is 1. The number of aliphatic carboxylic acids is 1. The molecule has 0 unspecified atom stereocenters. The lowest BCUT2D eigenvalue weighted by Crippen LogP contribution is -2.48. The largest absolute Gasteiger partial charge is 0.481 e. The summed E-state index contributed by atoms with van der Waals surface area (Å²) in [5.41, 5.74) is -0.868. The summed E-state index contributed by atoms with van der Waals surface area (Å²) in [5, 5.41) is 11.2. The van der Waals surface area contributed by atoms with Crippen LogP contribution in [0.1, 0.15) is 27.2 Å². The Labute approximate surface area is 153 Å². The van der Waals surface area contributed by atoms with Gasteiger partial charge in [-0.2, -0.15) is 0 Å². The average Bonchev–Trinajstić information content (AvgIpc) is 2.47. The first-order chi connectivity index (χ1) is 11.1. The standard InChI is InChI=1S/C16H18BrClFNO4/c1-4-12(15(23)20-16(2,3)6-5-13(21)22)24-9-7-10(17)14(19)11(18)8-9/h5-8,12H,4H2,1-3H3,(H,20,23)(H,21,22)/b6-5+/t12-/m1/s1. The molecule has 5 nitrogen and oxygen atoms in total. The van der Waals surface area contributed by atoms with Crippen LogP contribution in [0.3, 0.4) is 0 Å². The summed E-state index contributed by atoms with van der Waals surface area (Å²) in [6, 6.07) is 2.67. The number of hydrogen-bond acceptors (Lipinski definition) is 3. The molecule has 0 aliphatic heterocycles. The molecule has 1 amide bonds. The fourth-order valence-electron chi connectivity index (χ4n) is 1.81. The minimum absolute atomic E-state index is 0.126. The molecule has 0 saturated carbocycles. The number of halogens is 3. The van der Waals surface area contributed by atoms with Gasteiger partial charge in [-0.1, -0.05) is 24.6 Å². The number of amides is 1. The zero-order valence-corrected chi connectivity index (χ0v) is 15.7. The Bertz CT molecular complexity index is 640. The number of benzene rings is 1. The van der Waals surface area contributed by atoms with Gasteiger partial charge in [0.05, 0.1) is 15.0 Å². The summed E-state index contributed by atoms with van der Waals surface area (Å²) in [4.78, 5) is 22.9. The van der Waals surface area contributed by atoms with Crippen LogP contribution in [0.2, 0.25) is 5.02 Å². The van der Waals surface area contributed by atoms with Gasteiger partial charge in [-0.25, -0.2) is 9.18 Å². The lowest BCUT2D eigenvalue weighted by molar-refractivity contribution is -0.132. The smallest absolute Gasteiger partial charge is 0.328 e. The van der Waals surface area contributed by atoms with E-state index < -0.39 is 29.3 Å². The van der Waals surface area contributed by atoms with Crippen LogP contribution in [0.15, 0.2) is 28.8 Å². The summed E-state index contributed by atoms with van der Waals surface area (Å²) in [7, 11) is 0. The molecule has 0 aromatic heterocycles. The Morgan fingerprint density at radius 3 is 2.62 bits per heavy atom. The van der Waals surface area contributed by atoms with Crippen molar-refractivity contribution in [2.45, 2.75) is 38.8 Å². The zero-order chi connectivity index (χ0) is 18.5. The number of rotatable bonds is 7. The number of carbonyl (C=O) groups excluding carboxylic acids is 1. The summed E-state index contributed by atoms with van der Waals surface area (Å²) in [5.74, 6) is -1.89. The van der Waals surface area contributed by atoms with E-state index in [1.807, 2.05) is 0 Å². The molecule has 0 saturated heterocycles. The highest BCUT2D eigenvalue weighted by molar-refractivity contribution is 9.10. The topological polar surface area (TPSA) is 75.6 Å². The second kappa shape index (κ2) is 8.48. The van der Waals surface area contributed by atoms with E-state index in [-0.39, 0.29) is 15.2 Å². The first-order valence-corrected chi connectivity index (χ1v) is 8.28. The molecule has 1 aromatic rings. The molecule has 0 aliphatic carbocycles. The van der Waals surface area contributed by atoms with Crippen molar-refractivity contribution in [2.24, 2.45) is 0 Å². The lowest BCUT2D eigenvalue weighted by atomic mass is 10.0. The van der Waals surface area contributed by atoms with Crippen LogP contribution < -0.4 is 10.1 Å². The van der Waals surface area contributed by atoms with Gasteiger partial charge in [0.15, 0.2) is 11.9 Å². The van der Waals surface area contributed by atoms with Crippen LogP contribution in [0, 0.1) is 5.82 Å². The molecule has 8 heteroatoms. The molecule has 132 valence electrons. The number of carboxylic acids is 1. The van der Waals surface area contributed by atoms with Gasteiger partial charge < -0.3 is 15.2 Å². The molecule has 0 spiro atoms. The highest BCUT2D eigenvalue weighted by Crippen LogP contribution is 2.29. The van der Waals surface area contributed by atoms with Crippen molar-refractivity contribution in [1.29, 1.82) is 0 Å². The van der Waals surface area contributed by atoms with E-state index in [4.69, 9.17) is 21.4 Å². The Morgan fingerprint density at radius 2 is 2.12 bits per heavy atom. The Balaban J connectivity index is 2.86. The van der Waals surface area contributed by atoms with E-state index in [1.54, 1.807) is 20.8 Å². The van der Waals surface area contributed by atoms with Gasteiger partial charge in [0.25, 0.3) is 5.91 Å². The van der Waals surface area contributed by atoms with Crippen molar-refractivity contribution < 1.29 is 23.8 Å². The maximum absolute atomic E-state index is 13.5. The van der Waals surface area contributed by atoms with Crippen LogP contribution in [-0.4, -0.2) is 28.6 Å². The molecule has 2 N–H and O–H groups in total. The summed E-state index contributed by atoms with van der Waals surface area (Å²) in [6.45, 7) is 5.06. The number of hydrogen-bond donors (Lipinski definition) is 2. The molecule has 1 rings (SSSR count). The number of nitrogens with one attached hydrogen (secondary N) is 1. The molecule has 0 fully saturated rings. The Kier molecular flexibility index (Phi) is 7.23. The zero-order valence-electron chi connectivity index (χ0n) is 13.4. The highest BCUT2D eigenvalue weighted by Gasteiger charge is 2.25. The molecule has 24 heavy (non-hydrogen) atoms. The van der Waals surface area contributed by atoms with Crippen molar-refractivity contribution in [3.8, 4) is 5.75 Å². The SMILES string of the molecule is CC[C@@H](Oc1cc(Cl)c(F)c(Br)c1)C(=O)NC(C)(C)/C=C/C(=O)O. The number of carbonyl (C=O) groups is 2. The summed E-state index contributed by atoms with van der Waals surface area (Å²) >= 11 is 8.78. The quantitative estimate of drug-likeness (QED) is 0.515. The molecular weight excluding hydrogens is 405 g/mol. The molecule has 0 bridgehead atoms. The fourth-order valence-corrected chi connectivity index (χ4v) is 2.57. The normalized spacial score (nSPS) is 12.9. The van der Waals surface area contributed by atoms with Crippen molar-refractivity contribution in [1.82, 2.24) is 5.32 Å². The van der Waals surface area contributed by atoms with E-state index >= 15 is 0 Å². The molecule has 1 atom stereocenters. The van der Waals surface area contributed by atoms with Gasteiger partial charge in [0, 0.05) is 12.1 Å². The van der Waals surface area contributed by atoms with E-state index in [9.17, 15) is 14.0 Å². The highest BCUT2D eigenvalue weighted by atomic mass is 79.9. The predicted octanol–water partition coefficient (Wildman–Crippen LogP) is 3.93. The van der Waals surface area contributed by atoms with E-state index in [0.717, 1.165) is 6.08 Å². The molecule has 0 heterocycles. The van der Waals surface area contributed by atoms with E-state index in [2.05, 4.69) is 21.2 Å². The monoisotopic (exact) mass is 421 g/mol. The van der Waals surface area contributed by atoms with E-state index in [0.29, 0.717) is 6.42 Å². The van der Waals surface area contributed by atoms with Gasteiger partial charge in [-0.3, -0.25) is 4.79 Å². The van der Waals surface area contributed by atoms with Crippen molar-refractivity contribution in [2.75, 3.05) is 0 Å². The molecular formula is C16H18BrClFNO4. The third-order valence-corrected chi connectivity index (χ3v) is 3.84. The minimum atomic E-state index is -1.11. The number of carboxylic acid groups (broad SMARTS) is 1. The second-order valence-electron chi connectivity index (χ2n) is 5.60. The van der Waals surface area contributed by atoms with Gasteiger partial charge >= 0.3 is 5.97 Å². The molecule has 0 radical (unpaired) electrons. The minimum Gasteiger partial charge on any atom is -0.481 e.